The van der Waals surface area contributed by atoms with E-state index in [9.17, 15) is 4.79 Å². The summed E-state index contributed by atoms with van der Waals surface area (Å²) in [7, 11) is 0. The van der Waals surface area contributed by atoms with Gasteiger partial charge in [0, 0.05) is 17.0 Å². The van der Waals surface area contributed by atoms with Gasteiger partial charge in [-0.1, -0.05) is 54.1 Å². The Labute approximate surface area is 130 Å². The zero-order valence-corrected chi connectivity index (χ0v) is 12.7. The van der Waals surface area contributed by atoms with Crippen LogP contribution in [0.3, 0.4) is 0 Å². The van der Waals surface area contributed by atoms with Crippen molar-refractivity contribution in [2.75, 3.05) is 6.54 Å². The Bertz CT molecular complexity index is 656. The number of rotatable bonds is 5. The average Bonchev–Trinajstić information content (AvgIpc) is 2.47. The second-order valence-corrected chi connectivity index (χ2v) is 5.30. The number of carbonyl (C=O) groups is 1. The summed E-state index contributed by atoms with van der Waals surface area (Å²) in [5.74, 6) is 0.0710. The van der Waals surface area contributed by atoms with E-state index in [-0.39, 0.29) is 5.78 Å². The molecule has 0 unspecified atom stereocenters. The van der Waals surface area contributed by atoms with Crippen LogP contribution in [0.2, 0.25) is 5.02 Å². The molecule has 0 spiro atoms. The van der Waals surface area contributed by atoms with E-state index in [4.69, 9.17) is 17.3 Å². The summed E-state index contributed by atoms with van der Waals surface area (Å²) in [5, 5.41) is 0.724. The number of benzene rings is 2. The minimum atomic E-state index is 0.0710. The number of aryl methyl sites for hydroxylation is 1. The highest BCUT2D eigenvalue weighted by molar-refractivity contribution is 6.32. The van der Waals surface area contributed by atoms with Gasteiger partial charge in [0.1, 0.15) is 0 Å². The molecule has 0 bridgehead atoms. The van der Waals surface area contributed by atoms with Crippen LogP contribution in [0, 0.1) is 6.92 Å². The molecule has 0 amide bonds. The van der Waals surface area contributed by atoms with Crippen LogP contribution in [0.4, 0.5) is 0 Å². The van der Waals surface area contributed by atoms with Gasteiger partial charge in [-0.2, -0.15) is 0 Å². The van der Waals surface area contributed by atoms with E-state index in [1.165, 1.54) is 0 Å². The van der Waals surface area contributed by atoms with Crippen molar-refractivity contribution in [3.8, 4) is 0 Å². The molecule has 0 heterocycles. The topological polar surface area (TPSA) is 43.1 Å². The number of nitrogens with two attached hydrogens (primary N) is 1. The fourth-order valence-electron chi connectivity index (χ4n) is 2.13. The molecule has 0 aliphatic carbocycles. The van der Waals surface area contributed by atoms with Gasteiger partial charge in [-0.05, 0) is 42.3 Å². The second kappa shape index (κ2) is 7.21. The van der Waals surface area contributed by atoms with Crippen LogP contribution in [-0.4, -0.2) is 12.3 Å². The Morgan fingerprint density at radius 2 is 1.95 bits per heavy atom. The average molecular weight is 300 g/mol. The van der Waals surface area contributed by atoms with E-state index in [0.717, 1.165) is 21.7 Å². The zero-order chi connectivity index (χ0) is 15.2. The Balaban J connectivity index is 2.26. The predicted molar refractivity (Wildman–Crippen MR) is 89.6 cm³/mol. The van der Waals surface area contributed by atoms with Gasteiger partial charge in [0.05, 0.1) is 0 Å². The highest BCUT2D eigenvalue weighted by Crippen LogP contribution is 2.22. The molecule has 0 aliphatic heterocycles. The van der Waals surface area contributed by atoms with E-state index in [1.54, 1.807) is 0 Å². The van der Waals surface area contributed by atoms with Crippen molar-refractivity contribution in [1.29, 1.82) is 0 Å². The number of ketones is 1. The largest absolute Gasteiger partial charge is 0.330 e. The third-order valence-electron chi connectivity index (χ3n) is 3.29. The summed E-state index contributed by atoms with van der Waals surface area (Å²) >= 11 is 6.20. The molecule has 2 nitrogen and oxygen atoms in total. The summed E-state index contributed by atoms with van der Waals surface area (Å²) in [6.45, 7) is 2.39. The molecule has 2 aromatic carbocycles. The quantitative estimate of drug-likeness (QED) is 0.659. The zero-order valence-electron chi connectivity index (χ0n) is 12.0. The molecule has 2 N–H and O–H groups in total. The van der Waals surface area contributed by atoms with E-state index in [2.05, 4.69) is 0 Å². The number of carbonyl (C=O) groups excluding carboxylic acids is 1. The maximum absolute atomic E-state index is 11.9. The molecule has 3 heteroatoms. The molecule has 108 valence electrons. The molecule has 0 saturated carbocycles. The molecule has 0 fully saturated rings. The lowest BCUT2D eigenvalue weighted by Gasteiger charge is -2.03. The first-order chi connectivity index (χ1) is 10.1. The summed E-state index contributed by atoms with van der Waals surface area (Å²) in [6.07, 6.45) is 4.31. The number of Topliss-reactive ketones (excluding diaryl/α,β-unsaturated/α-hetero) is 1. The smallest absolute Gasteiger partial charge is 0.164 e. The standard InChI is InChI=1S/C18H18ClNO/c1-13-4-2-7-17(19)16(13)9-8-14-5-3-6-15(12-14)18(21)10-11-20/h2-9,12H,10-11,20H2,1H3/b9-8+. The molecule has 0 aliphatic rings. The van der Waals surface area contributed by atoms with Gasteiger partial charge in [0.25, 0.3) is 0 Å². The van der Waals surface area contributed by atoms with E-state index in [1.807, 2.05) is 61.5 Å². The van der Waals surface area contributed by atoms with Crippen LogP contribution >= 0.6 is 11.6 Å². The third kappa shape index (κ3) is 4.03. The Morgan fingerprint density at radius 1 is 1.19 bits per heavy atom. The first-order valence-electron chi connectivity index (χ1n) is 6.88. The van der Waals surface area contributed by atoms with Crippen LogP contribution < -0.4 is 5.73 Å². The number of halogens is 1. The van der Waals surface area contributed by atoms with Gasteiger partial charge in [0.2, 0.25) is 0 Å². The maximum atomic E-state index is 11.9. The van der Waals surface area contributed by atoms with Crippen molar-refractivity contribution in [3.63, 3.8) is 0 Å². The minimum Gasteiger partial charge on any atom is -0.330 e. The minimum absolute atomic E-state index is 0.0710. The molecular formula is C18H18ClNO. The first kappa shape index (κ1) is 15.5. The SMILES string of the molecule is Cc1cccc(Cl)c1/C=C/c1cccc(C(=O)CCN)c1. The van der Waals surface area contributed by atoms with E-state index in [0.29, 0.717) is 18.5 Å². The van der Waals surface area contributed by atoms with Gasteiger partial charge in [-0.3, -0.25) is 4.79 Å². The fraction of sp³-hybridized carbons (Fsp3) is 0.167. The van der Waals surface area contributed by atoms with Gasteiger partial charge < -0.3 is 5.73 Å². The van der Waals surface area contributed by atoms with Crippen molar-refractivity contribution in [1.82, 2.24) is 0 Å². The Hall–Kier alpha value is -1.90. The van der Waals surface area contributed by atoms with Crippen molar-refractivity contribution >= 4 is 29.5 Å². The van der Waals surface area contributed by atoms with Gasteiger partial charge in [-0.15, -0.1) is 0 Å². The Morgan fingerprint density at radius 3 is 2.67 bits per heavy atom. The lowest BCUT2D eigenvalue weighted by Crippen LogP contribution is -2.08. The molecule has 0 aromatic heterocycles. The fourth-order valence-corrected chi connectivity index (χ4v) is 2.41. The molecule has 21 heavy (non-hydrogen) atoms. The lowest BCUT2D eigenvalue weighted by molar-refractivity contribution is 0.0985. The van der Waals surface area contributed by atoms with Crippen molar-refractivity contribution in [2.45, 2.75) is 13.3 Å². The maximum Gasteiger partial charge on any atom is 0.164 e. The molecule has 0 radical (unpaired) electrons. The first-order valence-corrected chi connectivity index (χ1v) is 7.26. The number of hydrogen-bond donors (Lipinski definition) is 1. The van der Waals surface area contributed by atoms with Crippen LogP contribution in [0.5, 0.6) is 0 Å². The molecule has 2 rings (SSSR count). The predicted octanol–water partition coefficient (Wildman–Crippen LogP) is 4.35. The van der Waals surface area contributed by atoms with Gasteiger partial charge in [-0.25, -0.2) is 0 Å². The van der Waals surface area contributed by atoms with Crippen LogP contribution in [-0.2, 0) is 0 Å². The van der Waals surface area contributed by atoms with Crippen molar-refractivity contribution in [2.24, 2.45) is 5.73 Å². The summed E-state index contributed by atoms with van der Waals surface area (Å²) < 4.78 is 0. The third-order valence-corrected chi connectivity index (χ3v) is 3.62. The second-order valence-electron chi connectivity index (χ2n) is 4.89. The highest BCUT2D eigenvalue weighted by atomic mass is 35.5. The molecule has 2 aromatic rings. The monoisotopic (exact) mass is 299 g/mol. The van der Waals surface area contributed by atoms with Crippen molar-refractivity contribution in [3.05, 3.63) is 69.7 Å². The van der Waals surface area contributed by atoms with Crippen molar-refractivity contribution < 1.29 is 4.79 Å². The molecule has 0 saturated heterocycles. The number of hydrogen-bond acceptors (Lipinski definition) is 2. The van der Waals surface area contributed by atoms with E-state index < -0.39 is 0 Å². The van der Waals surface area contributed by atoms with Gasteiger partial charge >= 0.3 is 0 Å². The van der Waals surface area contributed by atoms with Crippen LogP contribution in [0.15, 0.2) is 42.5 Å². The van der Waals surface area contributed by atoms with Gasteiger partial charge in [0.15, 0.2) is 5.78 Å². The lowest BCUT2D eigenvalue weighted by atomic mass is 10.0. The summed E-state index contributed by atoms with van der Waals surface area (Å²) in [5.41, 5.74) is 9.20. The van der Waals surface area contributed by atoms with Crippen LogP contribution in [0.1, 0.15) is 33.5 Å². The normalized spacial score (nSPS) is 11.0. The summed E-state index contributed by atoms with van der Waals surface area (Å²) in [4.78, 5) is 11.9. The van der Waals surface area contributed by atoms with E-state index >= 15 is 0 Å². The Kier molecular flexibility index (Phi) is 5.32. The highest BCUT2D eigenvalue weighted by Gasteiger charge is 2.04. The summed E-state index contributed by atoms with van der Waals surface area (Å²) in [6, 6.07) is 13.4. The molecular weight excluding hydrogens is 282 g/mol. The molecule has 0 atom stereocenters. The van der Waals surface area contributed by atoms with Crippen LogP contribution in [0.25, 0.3) is 12.2 Å².